The molecule has 0 spiro atoms. The fraction of sp³-hybridized carbons (Fsp3) is 0.231. The summed E-state index contributed by atoms with van der Waals surface area (Å²) >= 11 is 0. The molecule has 0 bridgehead atoms. The summed E-state index contributed by atoms with van der Waals surface area (Å²) in [5.41, 5.74) is 1.53. The second-order valence-corrected chi connectivity index (χ2v) is 9.40. The van der Waals surface area contributed by atoms with Crippen LogP contribution in [-0.2, 0) is 21.2 Å². The third-order valence-electron chi connectivity index (χ3n) is 5.01. The fourth-order valence-corrected chi connectivity index (χ4v) is 4.80. The van der Waals surface area contributed by atoms with Crippen molar-refractivity contribution in [3.8, 4) is 11.5 Å². The van der Waals surface area contributed by atoms with E-state index in [1.165, 1.54) is 25.3 Å². The number of ether oxygens (including phenoxy) is 3. The third kappa shape index (κ3) is 6.68. The summed E-state index contributed by atoms with van der Waals surface area (Å²) in [6.45, 7) is 0.324. The standard InChI is InChI=1S/C26H28O6S/c1-30-23-14-13-21(26(17-23)31-2)15-25(33(28,29)24-11-7-4-8-12-24)16-22(27)19-32-18-20-9-5-3-6-10-20/h3-15,17,22,27H,16,18-19H2,1-2H3/b25-15+. The number of sulfone groups is 1. The number of aliphatic hydroxyl groups is 1. The molecule has 3 aromatic rings. The number of hydrogen-bond donors (Lipinski definition) is 1. The highest BCUT2D eigenvalue weighted by molar-refractivity contribution is 7.95. The van der Waals surface area contributed by atoms with E-state index in [4.69, 9.17) is 14.2 Å². The topological polar surface area (TPSA) is 82.1 Å². The lowest BCUT2D eigenvalue weighted by Gasteiger charge is -2.16. The Morgan fingerprint density at radius 1 is 0.939 bits per heavy atom. The Bertz CT molecular complexity index is 1160. The monoisotopic (exact) mass is 468 g/mol. The highest BCUT2D eigenvalue weighted by Gasteiger charge is 2.24. The van der Waals surface area contributed by atoms with Crippen LogP contribution in [0.1, 0.15) is 17.5 Å². The lowest BCUT2D eigenvalue weighted by atomic mass is 10.1. The molecule has 1 N–H and O–H groups in total. The Hall–Kier alpha value is -3.13. The molecule has 0 aliphatic carbocycles. The summed E-state index contributed by atoms with van der Waals surface area (Å²) in [5.74, 6) is 1.05. The smallest absolute Gasteiger partial charge is 0.202 e. The molecule has 1 atom stereocenters. The number of rotatable bonds is 11. The first-order valence-corrected chi connectivity index (χ1v) is 11.9. The van der Waals surface area contributed by atoms with Gasteiger partial charge in [0.05, 0.1) is 43.3 Å². The van der Waals surface area contributed by atoms with E-state index in [9.17, 15) is 13.5 Å². The Kier molecular flexibility index (Phi) is 8.65. The van der Waals surface area contributed by atoms with Crippen molar-refractivity contribution in [2.24, 2.45) is 0 Å². The molecule has 0 amide bonds. The number of hydrogen-bond acceptors (Lipinski definition) is 6. The van der Waals surface area contributed by atoms with Gasteiger partial charge in [-0.1, -0.05) is 48.5 Å². The molecule has 0 heterocycles. The zero-order chi connectivity index (χ0) is 23.7. The van der Waals surface area contributed by atoms with E-state index in [-0.39, 0.29) is 22.8 Å². The van der Waals surface area contributed by atoms with E-state index in [0.29, 0.717) is 23.7 Å². The summed E-state index contributed by atoms with van der Waals surface area (Å²) < 4.78 is 43.1. The molecule has 1 unspecified atom stereocenters. The van der Waals surface area contributed by atoms with Gasteiger partial charge < -0.3 is 19.3 Å². The van der Waals surface area contributed by atoms with Crippen LogP contribution in [0.2, 0.25) is 0 Å². The summed E-state index contributed by atoms with van der Waals surface area (Å²) in [7, 11) is -0.807. The van der Waals surface area contributed by atoms with Gasteiger partial charge in [0.1, 0.15) is 11.5 Å². The maximum Gasteiger partial charge on any atom is 0.202 e. The molecule has 0 saturated heterocycles. The molecule has 0 radical (unpaired) electrons. The summed E-state index contributed by atoms with van der Waals surface area (Å²) in [4.78, 5) is 0.217. The lowest BCUT2D eigenvalue weighted by molar-refractivity contribution is 0.0297. The van der Waals surface area contributed by atoms with Crippen LogP contribution >= 0.6 is 0 Å². The first-order chi connectivity index (χ1) is 15.9. The van der Waals surface area contributed by atoms with E-state index < -0.39 is 15.9 Å². The van der Waals surface area contributed by atoms with Gasteiger partial charge in [0, 0.05) is 18.1 Å². The number of benzene rings is 3. The molecule has 0 saturated carbocycles. The fourth-order valence-electron chi connectivity index (χ4n) is 3.29. The average molecular weight is 469 g/mol. The van der Waals surface area contributed by atoms with Crippen LogP contribution in [0.15, 0.2) is 88.7 Å². The molecule has 3 rings (SSSR count). The maximum absolute atomic E-state index is 13.4. The van der Waals surface area contributed by atoms with E-state index in [2.05, 4.69) is 0 Å². The second-order valence-electron chi connectivity index (χ2n) is 7.39. The van der Waals surface area contributed by atoms with Crippen molar-refractivity contribution in [3.63, 3.8) is 0 Å². The largest absolute Gasteiger partial charge is 0.497 e. The van der Waals surface area contributed by atoms with Crippen molar-refractivity contribution in [3.05, 3.63) is 94.9 Å². The molecule has 0 aliphatic rings. The second kappa shape index (κ2) is 11.7. The zero-order valence-corrected chi connectivity index (χ0v) is 19.5. The van der Waals surface area contributed by atoms with Crippen molar-refractivity contribution in [2.75, 3.05) is 20.8 Å². The molecule has 0 aromatic heterocycles. The van der Waals surface area contributed by atoms with Crippen molar-refractivity contribution in [2.45, 2.75) is 24.0 Å². The number of methoxy groups -OCH3 is 2. The van der Waals surface area contributed by atoms with Crippen LogP contribution in [0, 0.1) is 0 Å². The minimum absolute atomic E-state index is 0.00368. The minimum Gasteiger partial charge on any atom is -0.497 e. The van der Waals surface area contributed by atoms with Crippen molar-refractivity contribution >= 4 is 15.9 Å². The van der Waals surface area contributed by atoms with E-state index in [1.54, 1.807) is 43.5 Å². The SMILES string of the molecule is COc1ccc(/C=C(\CC(O)COCc2ccccc2)S(=O)(=O)c2ccccc2)c(OC)c1. The first-order valence-electron chi connectivity index (χ1n) is 10.5. The van der Waals surface area contributed by atoms with E-state index >= 15 is 0 Å². The van der Waals surface area contributed by atoms with Crippen LogP contribution < -0.4 is 9.47 Å². The molecule has 174 valence electrons. The van der Waals surface area contributed by atoms with Gasteiger partial charge in [-0.05, 0) is 35.9 Å². The van der Waals surface area contributed by atoms with Gasteiger partial charge in [0.2, 0.25) is 9.84 Å². The van der Waals surface area contributed by atoms with Gasteiger partial charge in [0.15, 0.2) is 0 Å². The highest BCUT2D eigenvalue weighted by atomic mass is 32.2. The van der Waals surface area contributed by atoms with Crippen LogP contribution in [0.5, 0.6) is 11.5 Å². The van der Waals surface area contributed by atoms with Gasteiger partial charge in [0.25, 0.3) is 0 Å². The minimum atomic E-state index is -3.85. The van der Waals surface area contributed by atoms with Gasteiger partial charge in [-0.15, -0.1) is 0 Å². The molecule has 0 fully saturated rings. The molecule has 6 nitrogen and oxygen atoms in total. The van der Waals surface area contributed by atoms with Crippen molar-refractivity contribution in [1.29, 1.82) is 0 Å². The van der Waals surface area contributed by atoms with E-state index in [0.717, 1.165) is 5.56 Å². The van der Waals surface area contributed by atoms with E-state index in [1.807, 2.05) is 30.3 Å². The van der Waals surface area contributed by atoms with Crippen LogP contribution in [-0.4, -0.2) is 40.5 Å². The molecular formula is C26H28O6S. The zero-order valence-electron chi connectivity index (χ0n) is 18.7. The highest BCUT2D eigenvalue weighted by Crippen LogP contribution is 2.31. The third-order valence-corrected chi connectivity index (χ3v) is 6.88. The van der Waals surface area contributed by atoms with Crippen molar-refractivity contribution in [1.82, 2.24) is 0 Å². The summed E-state index contributed by atoms with van der Waals surface area (Å²) in [6.07, 6.45) is 0.407. The Morgan fingerprint density at radius 3 is 2.24 bits per heavy atom. The quantitative estimate of drug-likeness (QED) is 0.447. The Balaban J connectivity index is 1.87. The first kappa shape index (κ1) is 24.5. The molecule has 0 aliphatic heterocycles. The average Bonchev–Trinajstić information content (AvgIpc) is 2.85. The molecule has 3 aromatic carbocycles. The van der Waals surface area contributed by atoms with Crippen LogP contribution in [0.4, 0.5) is 0 Å². The maximum atomic E-state index is 13.4. The van der Waals surface area contributed by atoms with Gasteiger partial charge in [-0.3, -0.25) is 0 Å². The Labute approximate surface area is 195 Å². The van der Waals surface area contributed by atoms with Gasteiger partial charge in [-0.25, -0.2) is 8.42 Å². The lowest BCUT2D eigenvalue weighted by Crippen LogP contribution is -2.19. The molecular weight excluding hydrogens is 440 g/mol. The van der Waals surface area contributed by atoms with Crippen molar-refractivity contribution < 1.29 is 27.7 Å². The summed E-state index contributed by atoms with van der Waals surface area (Å²) in [6, 6.07) is 22.8. The number of aliphatic hydroxyl groups excluding tert-OH is 1. The van der Waals surface area contributed by atoms with Crippen LogP contribution in [0.3, 0.4) is 0 Å². The Morgan fingerprint density at radius 2 is 1.61 bits per heavy atom. The predicted molar refractivity (Wildman–Crippen MR) is 128 cm³/mol. The van der Waals surface area contributed by atoms with Gasteiger partial charge >= 0.3 is 0 Å². The summed E-state index contributed by atoms with van der Waals surface area (Å²) in [5, 5.41) is 10.6. The molecule has 7 heteroatoms. The van der Waals surface area contributed by atoms with Crippen LogP contribution in [0.25, 0.3) is 6.08 Å². The normalized spacial score (nSPS) is 12.9. The van der Waals surface area contributed by atoms with Gasteiger partial charge in [-0.2, -0.15) is 0 Å². The molecule has 33 heavy (non-hydrogen) atoms. The predicted octanol–water partition coefficient (Wildman–Crippen LogP) is 4.49.